The second-order valence-corrected chi connectivity index (χ2v) is 6.53. The highest BCUT2D eigenvalue weighted by molar-refractivity contribution is 9.10. The van der Waals surface area contributed by atoms with Crippen LogP contribution < -0.4 is 10.6 Å². The molecule has 0 saturated carbocycles. The molecule has 0 bridgehead atoms. The highest BCUT2D eigenvalue weighted by Gasteiger charge is 2.13. The first-order chi connectivity index (χ1) is 10.4. The molecule has 2 aromatic rings. The van der Waals surface area contributed by atoms with Gasteiger partial charge in [-0.2, -0.15) is 4.98 Å². The lowest BCUT2D eigenvalue weighted by Gasteiger charge is -2.17. The quantitative estimate of drug-likeness (QED) is 0.808. The molecule has 2 aromatic heterocycles. The highest BCUT2D eigenvalue weighted by atomic mass is 79.9. The fourth-order valence-corrected chi connectivity index (χ4v) is 1.98. The third kappa shape index (κ3) is 4.96. The summed E-state index contributed by atoms with van der Waals surface area (Å²) in [6.45, 7) is 6.86. The van der Waals surface area contributed by atoms with Crippen molar-refractivity contribution in [1.29, 1.82) is 0 Å². The molecule has 8 heteroatoms. The predicted molar refractivity (Wildman–Crippen MR) is 87.7 cm³/mol. The van der Waals surface area contributed by atoms with Gasteiger partial charge in [0, 0.05) is 19.3 Å². The smallest absolute Gasteiger partial charge is 0.224 e. The van der Waals surface area contributed by atoms with E-state index in [9.17, 15) is 0 Å². The zero-order valence-electron chi connectivity index (χ0n) is 13.1. The third-order valence-electron chi connectivity index (χ3n) is 2.66. The number of anilines is 2. The Balaban J connectivity index is 1.91. The van der Waals surface area contributed by atoms with Crippen molar-refractivity contribution in [2.24, 2.45) is 0 Å². The molecule has 2 rings (SSSR count). The summed E-state index contributed by atoms with van der Waals surface area (Å²) in [7, 11) is 1.80. The summed E-state index contributed by atoms with van der Waals surface area (Å²) < 4.78 is 11.7. The summed E-state index contributed by atoms with van der Waals surface area (Å²) in [5.74, 6) is 1.93. The Morgan fingerprint density at radius 3 is 2.82 bits per heavy atom. The summed E-state index contributed by atoms with van der Waals surface area (Å²) >= 11 is 3.37. The first-order valence-electron chi connectivity index (χ1n) is 6.90. The lowest BCUT2D eigenvalue weighted by molar-refractivity contribution is -0.0241. The number of aromatic nitrogens is 3. The number of rotatable bonds is 6. The van der Waals surface area contributed by atoms with E-state index in [1.54, 1.807) is 13.2 Å². The van der Waals surface area contributed by atoms with Gasteiger partial charge in [-0.3, -0.25) is 0 Å². The van der Waals surface area contributed by atoms with Crippen LogP contribution >= 0.6 is 15.9 Å². The van der Waals surface area contributed by atoms with Crippen molar-refractivity contribution >= 4 is 27.7 Å². The van der Waals surface area contributed by atoms with Crippen LogP contribution in [0.25, 0.3) is 0 Å². The van der Waals surface area contributed by atoms with Gasteiger partial charge in [0.25, 0.3) is 0 Å². The van der Waals surface area contributed by atoms with Gasteiger partial charge in [-0.1, -0.05) is 5.16 Å². The molecule has 0 atom stereocenters. The van der Waals surface area contributed by atoms with Crippen molar-refractivity contribution in [1.82, 2.24) is 15.1 Å². The molecule has 0 aromatic carbocycles. The lowest BCUT2D eigenvalue weighted by Crippen LogP contribution is -2.18. The highest BCUT2D eigenvalue weighted by Crippen LogP contribution is 2.19. The number of nitrogens with one attached hydrogen (secondary N) is 2. The Bertz CT molecular complexity index is 624. The maximum Gasteiger partial charge on any atom is 0.224 e. The molecular formula is C14H20BrN5O2. The van der Waals surface area contributed by atoms with E-state index in [-0.39, 0.29) is 5.60 Å². The van der Waals surface area contributed by atoms with Crippen LogP contribution in [0, 0.1) is 0 Å². The first kappa shape index (κ1) is 16.7. The van der Waals surface area contributed by atoms with Gasteiger partial charge in [-0.05, 0) is 36.7 Å². The van der Waals surface area contributed by atoms with Crippen molar-refractivity contribution in [3.63, 3.8) is 0 Å². The van der Waals surface area contributed by atoms with Gasteiger partial charge >= 0.3 is 0 Å². The average molecular weight is 370 g/mol. The molecule has 22 heavy (non-hydrogen) atoms. The van der Waals surface area contributed by atoms with Gasteiger partial charge in [0.2, 0.25) is 5.95 Å². The molecule has 0 unspecified atom stereocenters. The predicted octanol–water partition coefficient (Wildman–Crippen LogP) is 3.20. The number of hydrogen-bond donors (Lipinski definition) is 2. The summed E-state index contributed by atoms with van der Waals surface area (Å²) in [6.07, 6.45) is 1.69. The van der Waals surface area contributed by atoms with Gasteiger partial charge in [0.05, 0.1) is 16.6 Å². The molecule has 0 saturated heterocycles. The standard InChI is InChI=1S/C14H20BrN5O2/c1-14(2,3)21-8-10-5-9(20-22-10)6-17-13-18-7-11(15)12(16-4)19-13/h5,7H,6,8H2,1-4H3,(H2,16,17,18,19). The molecule has 7 nitrogen and oxygen atoms in total. The fraction of sp³-hybridized carbons (Fsp3) is 0.500. The molecule has 2 N–H and O–H groups in total. The van der Waals surface area contributed by atoms with Crippen molar-refractivity contribution in [2.45, 2.75) is 39.5 Å². The van der Waals surface area contributed by atoms with E-state index in [0.717, 1.165) is 16.0 Å². The largest absolute Gasteiger partial charge is 0.372 e. The van der Waals surface area contributed by atoms with Crippen molar-refractivity contribution < 1.29 is 9.26 Å². The van der Waals surface area contributed by atoms with Crippen LogP contribution in [0.15, 0.2) is 21.3 Å². The molecule has 0 spiro atoms. The van der Waals surface area contributed by atoms with Gasteiger partial charge < -0.3 is 19.9 Å². The molecule has 0 aliphatic heterocycles. The lowest BCUT2D eigenvalue weighted by atomic mass is 10.2. The monoisotopic (exact) mass is 369 g/mol. The van der Waals surface area contributed by atoms with Gasteiger partial charge in [0.1, 0.15) is 18.1 Å². The zero-order valence-corrected chi connectivity index (χ0v) is 14.7. The molecule has 0 radical (unpaired) electrons. The maximum absolute atomic E-state index is 5.64. The minimum atomic E-state index is -0.208. The Morgan fingerprint density at radius 2 is 2.14 bits per heavy atom. The van der Waals surface area contributed by atoms with E-state index in [4.69, 9.17) is 9.26 Å². The summed E-state index contributed by atoms with van der Waals surface area (Å²) in [5, 5.41) is 10.1. The molecule has 0 fully saturated rings. The minimum absolute atomic E-state index is 0.208. The Kier molecular flexibility index (Phi) is 5.36. The topological polar surface area (TPSA) is 85.1 Å². The van der Waals surface area contributed by atoms with E-state index in [0.29, 0.717) is 24.9 Å². The average Bonchev–Trinajstić information content (AvgIpc) is 2.91. The Hall–Kier alpha value is -1.67. The van der Waals surface area contributed by atoms with E-state index in [1.807, 2.05) is 26.8 Å². The first-order valence-corrected chi connectivity index (χ1v) is 7.69. The second-order valence-electron chi connectivity index (χ2n) is 5.68. The number of hydrogen-bond acceptors (Lipinski definition) is 7. The van der Waals surface area contributed by atoms with E-state index in [1.165, 1.54) is 0 Å². The minimum Gasteiger partial charge on any atom is -0.372 e. The van der Waals surface area contributed by atoms with Crippen molar-refractivity contribution in [3.8, 4) is 0 Å². The summed E-state index contributed by atoms with van der Waals surface area (Å²) in [5.41, 5.74) is 0.560. The van der Waals surface area contributed by atoms with Gasteiger partial charge in [-0.25, -0.2) is 4.98 Å². The van der Waals surface area contributed by atoms with Crippen LogP contribution in [0.1, 0.15) is 32.2 Å². The van der Waals surface area contributed by atoms with Crippen LogP contribution in [-0.2, 0) is 17.9 Å². The Labute approximate surface area is 138 Å². The Morgan fingerprint density at radius 1 is 1.36 bits per heavy atom. The maximum atomic E-state index is 5.64. The van der Waals surface area contributed by atoms with E-state index >= 15 is 0 Å². The fourth-order valence-electron chi connectivity index (χ4n) is 1.59. The normalized spacial score (nSPS) is 11.5. The molecule has 2 heterocycles. The van der Waals surface area contributed by atoms with Crippen LogP contribution in [0.2, 0.25) is 0 Å². The van der Waals surface area contributed by atoms with Crippen molar-refractivity contribution in [3.05, 3.63) is 28.2 Å². The number of nitrogens with zero attached hydrogens (tertiary/aromatic N) is 3. The van der Waals surface area contributed by atoms with Gasteiger partial charge in [-0.15, -0.1) is 0 Å². The zero-order chi connectivity index (χ0) is 16.2. The summed E-state index contributed by atoms with van der Waals surface area (Å²) in [6, 6.07) is 1.86. The second kappa shape index (κ2) is 7.06. The number of ether oxygens (including phenoxy) is 1. The molecule has 0 aliphatic carbocycles. The van der Waals surface area contributed by atoms with Crippen molar-refractivity contribution in [2.75, 3.05) is 17.7 Å². The molecule has 0 aliphatic rings. The molecular weight excluding hydrogens is 350 g/mol. The summed E-state index contributed by atoms with van der Waals surface area (Å²) in [4.78, 5) is 8.50. The molecule has 0 amide bonds. The van der Waals surface area contributed by atoms with Crippen LogP contribution in [-0.4, -0.2) is 27.8 Å². The van der Waals surface area contributed by atoms with E-state index in [2.05, 4.69) is 41.7 Å². The SMILES string of the molecule is CNc1nc(NCc2cc(COC(C)(C)C)on2)ncc1Br. The van der Waals surface area contributed by atoms with E-state index < -0.39 is 0 Å². The number of halogens is 1. The van der Waals surface area contributed by atoms with Crippen LogP contribution in [0.4, 0.5) is 11.8 Å². The molecule has 120 valence electrons. The van der Waals surface area contributed by atoms with Gasteiger partial charge in [0.15, 0.2) is 5.76 Å². The van der Waals surface area contributed by atoms with Crippen LogP contribution in [0.5, 0.6) is 0 Å². The van der Waals surface area contributed by atoms with Crippen LogP contribution in [0.3, 0.4) is 0 Å². The third-order valence-corrected chi connectivity index (χ3v) is 3.24.